The van der Waals surface area contributed by atoms with Crippen molar-refractivity contribution in [3.05, 3.63) is 58.4 Å². The number of nitrogens with zero attached hydrogens (tertiary/aromatic N) is 3. The molecule has 1 aliphatic rings. The van der Waals surface area contributed by atoms with Crippen LogP contribution in [0.2, 0.25) is 0 Å². The molecule has 2 aromatic carbocycles. The molecule has 1 amide bonds. The molecule has 0 radical (unpaired) electrons. The summed E-state index contributed by atoms with van der Waals surface area (Å²) in [5, 5.41) is 0. The van der Waals surface area contributed by atoms with E-state index >= 15 is 0 Å². The molecule has 10 heteroatoms. The number of hydrogen-bond donors (Lipinski definition) is 0. The highest BCUT2D eigenvalue weighted by Crippen LogP contribution is 2.26. The lowest BCUT2D eigenvalue weighted by Gasteiger charge is -2.30. The molecular weight excluding hydrogens is 510 g/mol. The van der Waals surface area contributed by atoms with Gasteiger partial charge in [-0.3, -0.25) is 9.59 Å². The SMILES string of the molecule is CCOC(=O)Cn1c(=NC(=O)C2CCCN(S(=O)(=O)c3ccc(C)cc3)C2)sc2cc(C(C)C)ccc21. The van der Waals surface area contributed by atoms with Gasteiger partial charge >= 0.3 is 5.97 Å². The number of aryl methyl sites for hydroxylation is 1. The van der Waals surface area contributed by atoms with Gasteiger partial charge in [-0.25, -0.2) is 8.42 Å². The maximum absolute atomic E-state index is 13.3. The van der Waals surface area contributed by atoms with E-state index in [0.717, 1.165) is 21.3 Å². The third-order valence-electron chi connectivity index (χ3n) is 6.56. The van der Waals surface area contributed by atoms with Gasteiger partial charge in [0, 0.05) is 13.1 Å². The summed E-state index contributed by atoms with van der Waals surface area (Å²) in [5.74, 6) is -1.01. The summed E-state index contributed by atoms with van der Waals surface area (Å²) in [4.78, 5) is 30.7. The van der Waals surface area contributed by atoms with Crippen LogP contribution in [0.5, 0.6) is 0 Å². The molecule has 2 heterocycles. The van der Waals surface area contributed by atoms with Crippen LogP contribution in [-0.4, -0.2) is 48.9 Å². The van der Waals surface area contributed by atoms with Gasteiger partial charge in [0.25, 0.3) is 5.91 Å². The summed E-state index contributed by atoms with van der Waals surface area (Å²) in [6.07, 6.45) is 1.13. The van der Waals surface area contributed by atoms with E-state index in [1.807, 2.05) is 19.1 Å². The summed E-state index contributed by atoms with van der Waals surface area (Å²) in [7, 11) is -3.71. The number of sulfonamides is 1. The van der Waals surface area contributed by atoms with E-state index in [-0.39, 0.29) is 30.5 Å². The van der Waals surface area contributed by atoms with E-state index in [0.29, 0.717) is 30.1 Å². The molecule has 1 saturated heterocycles. The van der Waals surface area contributed by atoms with Gasteiger partial charge in [-0.1, -0.05) is 48.9 Å². The van der Waals surface area contributed by atoms with Crippen molar-refractivity contribution >= 4 is 43.5 Å². The van der Waals surface area contributed by atoms with E-state index in [9.17, 15) is 18.0 Å². The second kappa shape index (κ2) is 11.3. The first-order valence-electron chi connectivity index (χ1n) is 12.5. The Morgan fingerprint density at radius 2 is 1.89 bits per heavy atom. The number of rotatable bonds is 7. The molecule has 1 aliphatic heterocycles. The Bertz CT molecular complexity index is 1470. The third kappa shape index (κ3) is 6.02. The smallest absolute Gasteiger partial charge is 0.326 e. The first-order chi connectivity index (χ1) is 17.6. The fraction of sp³-hybridized carbons (Fsp3) is 0.444. The number of piperidine rings is 1. The highest BCUT2D eigenvalue weighted by atomic mass is 32.2. The molecule has 37 heavy (non-hydrogen) atoms. The zero-order valence-corrected chi connectivity index (χ0v) is 23.3. The van der Waals surface area contributed by atoms with Crippen molar-refractivity contribution in [1.82, 2.24) is 8.87 Å². The molecule has 0 spiro atoms. The Hall–Kier alpha value is -2.82. The van der Waals surface area contributed by atoms with Gasteiger partial charge in [0.2, 0.25) is 10.0 Å². The highest BCUT2D eigenvalue weighted by Gasteiger charge is 2.33. The van der Waals surface area contributed by atoms with Crippen molar-refractivity contribution < 1.29 is 22.7 Å². The van der Waals surface area contributed by atoms with Gasteiger partial charge in [-0.05, 0) is 62.4 Å². The van der Waals surface area contributed by atoms with Gasteiger partial charge in [-0.15, -0.1) is 0 Å². The van der Waals surface area contributed by atoms with Crippen molar-refractivity contribution in [2.45, 2.75) is 57.9 Å². The van der Waals surface area contributed by atoms with Crippen molar-refractivity contribution in [1.29, 1.82) is 0 Å². The molecule has 1 unspecified atom stereocenters. The van der Waals surface area contributed by atoms with Crippen LogP contribution in [-0.2, 0) is 30.9 Å². The van der Waals surface area contributed by atoms with Crippen molar-refractivity contribution in [2.75, 3.05) is 19.7 Å². The Balaban J connectivity index is 1.66. The zero-order chi connectivity index (χ0) is 26.7. The Morgan fingerprint density at radius 3 is 2.57 bits per heavy atom. The zero-order valence-electron chi connectivity index (χ0n) is 21.6. The maximum Gasteiger partial charge on any atom is 0.326 e. The first kappa shape index (κ1) is 27.2. The summed E-state index contributed by atoms with van der Waals surface area (Å²) < 4.78 is 35.6. The Morgan fingerprint density at radius 1 is 1.16 bits per heavy atom. The minimum Gasteiger partial charge on any atom is -0.465 e. The lowest BCUT2D eigenvalue weighted by Crippen LogP contribution is -2.42. The summed E-state index contributed by atoms with van der Waals surface area (Å²) in [6, 6.07) is 12.8. The van der Waals surface area contributed by atoms with Crippen LogP contribution in [0.4, 0.5) is 0 Å². The highest BCUT2D eigenvalue weighted by molar-refractivity contribution is 7.89. The number of hydrogen-bond acceptors (Lipinski definition) is 6. The van der Waals surface area contributed by atoms with E-state index in [2.05, 4.69) is 24.9 Å². The van der Waals surface area contributed by atoms with E-state index in [4.69, 9.17) is 4.74 Å². The lowest BCUT2D eigenvalue weighted by molar-refractivity contribution is -0.143. The van der Waals surface area contributed by atoms with Crippen LogP contribution >= 0.6 is 11.3 Å². The van der Waals surface area contributed by atoms with Crippen LogP contribution in [0.25, 0.3) is 10.2 Å². The standard InChI is InChI=1S/C27H33N3O5S2/c1-5-35-25(31)17-30-23-13-10-20(18(2)3)15-24(23)36-27(30)28-26(32)21-7-6-14-29(16-21)37(33,34)22-11-8-19(4)9-12-22/h8-13,15,18,21H,5-7,14,16-17H2,1-4H3. The second-order valence-corrected chi connectivity index (χ2v) is 12.6. The van der Waals surface area contributed by atoms with Gasteiger partial charge in [0.05, 0.1) is 27.6 Å². The monoisotopic (exact) mass is 543 g/mol. The summed E-state index contributed by atoms with van der Waals surface area (Å²) >= 11 is 1.35. The van der Waals surface area contributed by atoms with E-state index in [1.165, 1.54) is 15.6 Å². The summed E-state index contributed by atoms with van der Waals surface area (Å²) in [6.45, 7) is 8.52. The second-order valence-electron chi connectivity index (χ2n) is 9.62. The molecule has 0 N–H and O–H groups in total. The number of carbonyl (C=O) groups excluding carboxylic acids is 2. The van der Waals surface area contributed by atoms with Crippen LogP contribution in [0, 0.1) is 12.8 Å². The minimum atomic E-state index is -3.71. The average molecular weight is 544 g/mol. The van der Waals surface area contributed by atoms with Crippen molar-refractivity contribution in [3.63, 3.8) is 0 Å². The number of benzene rings is 2. The number of fused-ring (bicyclic) bond motifs is 1. The van der Waals surface area contributed by atoms with Crippen LogP contribution in [0.15, 0.2) is 52.4 Å². The molecule has 0 bridgehead atoms. The van der Waals surface area contributed by atoms with Gasteiger partial charge in [-0.2, -0.15) is 9.30 Å². The average Bonchev–Trinajstić information content (AvgIpc) is 3.20. The predicted octanol–water partition coefficient (Wildman–Crippen LogP) is 4.23. The van der Waals surface area contributed by atoms with Crippen molar-refractivity contribution in [2.24, 2.45) is 10.9 Å². The lowest BCUT2D eigenvalue weighted by atomic mass is 9.99. The molecule has 0 aliphatic carbocycles. The van der Waals surface area contributed by atoms with E-state index < -0.39 is 21.9 Å². The van der Waals surface area contributed by atoms with Gasteiger partial charge in [0.15, 0.2) is 4.80 Å². The molecule has 0 saturated carbocycles. The topological polar surface area (TPSA) is 98.0 Å². The van der Waals surface area contributed by atoms with E-state index in [1.54, 1.807) is 35.8 Å². The number of thiazole rings is 1. The molecule has 8 nitrogen and oxygen atoms in total. The van der Waals surface area contributed by atoms with Crippen LogP contribution in [0.1, 0.15) is 50.7 Å². The molecular formula is C27H33N3O5S2. The number of ether oxygens (including phenoxy) is 1. The van der Waals surface area contributed by atoms with Gasteiger partial charge in [0.1, 0.15) is 6.54 Å². The molecule has 1 aromatic heterocycles. The van der Waals surface area contributed by atoms with Crippen LogP contribution < -0.4 is 4.80 Å². The number of amides is 1. The molecule has 3 aromatic rings. The normalized spacial score (nSPS) is 17.4. The fourth-order valence-electron chi connectivity index (χ4n) is 4.43. The number of esters is 1. The van der Waals surface area contributed by atoms with Gasteiger partial charge < -0.3 is 9.30 Å². The molecule has 1 fully saturated rings. The number of aromatic nitrogens is 1. The third-order valence-corrected chi connectivity index (χ3v) is 9.48. The largest absolute Gasteiger partial charge is 0.465 e. The first-order valence-corrected chi connectivity index (χ1v) is 14.8. The van der Waals surface area contributed by atoms with Crippen molar-refractivity contribution in [3.8, 4) is 0 Å². The molecule has 4 rings (SSSR count). The Labute approximate surface area is 221 Å². The minimum absolute atomic E-state index is 0.0560. The quantitative estimate of drug-likeness (QED) is 0.416. The predicted molar refractivity (Wildman–Crippen MR) is 144 cm³/mol. The Kier molecular flexibility index (Phi) is 8.30. The molecule has 1 atom stereocenters. The number of carbonyl (C=O) groups is 2. The maximum atomic E-state index is 13.3. The summed E-state index contributed by atoms with van der Waals surface area (Å²) in [5.41, 5.74) is 2.93. The fourth-order valence-corrected chi connectivity index (χ4v) is 7.04. The van der Waals surface area contributed by atoms with Crippen LogP contribution in [0.3, 0.4) is 0 Å². The molecule has 198 valence electrons.